The molecular weight excluding hydrogens is 262 g/mol. The molecule has 102 valence electrons. The van der Waals surface area contributed by atoms with E-state index in [1.54, 1.807) is 4.31 Å². The maximum absolute atomic E-state index is 11.8. The van der Waals surface area contributed by atoms with Crippen molar-refractivity contribution in [2.45, 2.75) is 31.9 Å². The van der Waals surface area contributed by atoms with Crippen molar-refractivity contribution in [2.24, 2.45) is 0 Å². The molecule has 1 aromatic carbocycles. The molecule has 0 N–H and O–H groups in total. The Morgan fingerprint density at radius 1 is 1.37 bits per heavy atom. The highest BCUT2D eigenvalue weighted by atomic mass is 32.2. The standard InChI is InChI=1S/C14H17NO3S/c1-10(16)18-13-12(15(19-2)14(13)17)9-8-11-6-4-3-5-7-11/h3-7,12-13H,8-9H2,1-2H3/t12-,13+/m0/s1. The lowest BCUT2D eigenvalue weighted by molar-refractivity contribution is -0.173. The van der Waals surface area contributed by atoms with E-state index in [0.717, 1.165) is 12.8 Å². The Balaban J connectivity index is 1.96. The van der Waals surface area contributed by atoms with Crippen LogP contribution in [-0.4, -0.2) is 34.6 Å². The number of benzene rings is 1. The van der Waals surface area contributed by atoms with E-state index in [-0.39, 0.29) is 11.9 Å². The molecule has 1 fully saturated rings. The van der Waals surface area contributed by atoms with Crippen LogP contribution in [0.1, 0.15) is 18.9 Å². The summed E-state index contributed by atoms with van der Waals surface area (Å²) in [7, 11) is 0. The summed E-state index contributed by atoms with van der Waals surface area (Å²) >= 11 is 1.39. The largest absolute Gasteiger partial charge is 0.450 e. The third kappa shape index (κ3) is 3.10. The third-order valence-corrected chi connectivity index (χ3v) is 4.02. The number of nitrogens with zero attached hydrogens (tertiary/aromatic N) is 1. The van der Waals surface area contributed by atoms with Gasteiger partial charge in [-0.05, 0) is 18.4 Å². The molecule has 0 saturated carbocycles. The summed E-state index contributed by atoms with van der Waals surface area (Å²) in [6.45, 7) is 1.34. The number of β-lactam (4-membered cyclic amide) rings is 1. The van der Waals surface area contributed by atoms with E-state index in [2.05, 4.69) is 12.1 Å². The van der Waals surface area contributed by atoms with Crippen molar-refractivity contribution < 1.29 is 14.3 Å². The normalized spacial score (nSPS) is 22.0. The minimum absolute atomic E-state index is 0.0217. The lowest BCUT2D eigenvalue weighted by atomic mass is 9.94. The van der Waals surface area contributed by atoms with Crippen LogP contribution < -0.4 is 0 Å². The molecule has 0 bridgehead atoms. The SMILES string of the molecule is CSN1C(=O)[C@H](OC(C)=O)[C@@H]1CCc1ccccc1. The minimum Gasteiger partial charge on any atom is -0.450 e. The summed E-state index contributed by atoms with van der Waals surface area (Å²) < 4.78 is 6.78. The predicted octanol–water partition coefficient (Wildman–Crippen LogP) is 2.04. The molecule has 1 heterocycles. The topological polar surface area (TPSA) is 46.6 Å². The van der Waals surface area contributed by atoms with E-state index in [1.165, 1.54) is 24.4 Å². The first-order valence-electron chi connectivity index (χ1n) is 6.22. The van der Waals surface area contributed by atoms with Gasteiger partial charge in [-0.2, -0.15) is 0 Å². The van der Waals surface area contributed by atoms with Gasteiger partial charge in [-0.15, -0.1) is 0 Å². The van der Waals surface area contributed by atoms with Crippen molar-refractivity contribution in [3.05, 3.63) is 35.9 Å². The average Bonchev–Trinajstić information content (AvgIpc) is 2.41. The molecule has 1 aromatic rings. The van der Waals surface area contributed by atoms with Crippen LogP contribution in [0.3, 0.4) is 0 Å². The second-order valence-corrected chi connectivity index (χ2v) is 5.23. The quantitative estimate of drug-likeness (QED) is 0.470. The zero-order valence-corrected chi connectivity index (χ0v) is 11.9. The second-order valence-electron chi connectivity index (χ2n) is 4.47. The molecule has 0 radical (unpaired) electrons. The Morgan fingerprint density at radius 3 is 2.63 bits per heavy atom. The first kappa shape index (κ1) is 13.9. The van der Waals surface area contributed by atoms with E-state index in [9.17, 15) is 9.59 Å². The van der Waals surface area contributed by atoms with Gasteiger partial charge in [0.25, 0.3) is 5.91 Å². The van der Waals surface area contributed by atoms with E-state index < -0.39 is 12.1 Å². The molecule has 1 amide bonds. The van der Waals surface area contributed by atoms with Crippen LogP contribution >= 0.6 is 11.9 Å². The molecule has 19 heavy (non-hydrogen) atoms. The molecule has 4 nitrogen and oxygen atoms in total. The Bertz CT molecular complexity index is 463. The van der Waals surface area contributed by atoms with Crippen LogP contribution in [0.15, 0.2) is 30.3 Å². The highest BCUT2D eigenvalue weighted by Crippen LogP contribution is 2.32. The number of aryl methyl sites for hydroxylation is 1. The van der Waals surface area contributed by atoms with Crippen LogP contribution in [0.5, 0.6) is 0 Å². The number of rotatable bonds is 5. The zero-order valence-electron chi connectivity index (χ0n) is 11.0. The maximum atomic E-state index is 11.8. The fourth-order valence-electron chi connectivity index (χ4n) is 2.26. The molecule has 0 unspecified atom stereocenters. The number of amides is 1. The third-order valence-electron chi connectivity index (χ3n) is 3.17. The van der Waals surface area contributed by atoms with Crippen LogP contribution in [0.4, 0.5) is 0 Å². The van der Waals surface area contributed by atoms with Crippen LogP contribution in [0.2, 0.25) is 0 Å². The monoisotopic (exact) mass is 279 g/mol. The van der Waals surface area contributed by atoms with Crippen molar-refractivity contribution in [3.8, 4) is 0 Å². The van der Waals surface area contributed by atoms with Gasteiger partial charge in [0.2, 0.25) is 6.10 Å². The summed E-state index contributed by atoms with van der Waals surface area (Å²) in [5.41, 5.74) is 1.23. The van der Waals surface area contributed by atoms with Crippen molar-refractivity contribution in [1.29, 1.82) is 0 Å². The van der Waals surface area contributed by atoms with Gasteiger partial charge in [0.05, 0.1) is 6.04 Å². The highest BCUT2D eigenvalue weighted by Gasteiger charge is 2.49. The van der Waals surface area contributed by atoms with E-state index in [0.29, 0.717) is 0 Å². The van der Waals surface area contributed by atoms with Gasteiger partial charge in [-0.1, -0.05) is 42.3 Å². The van der Waals surface area contributed by atoms with E-state index >= 15 is 0 Å². The van der Waals surface area contributed by atoms with Crippen molar-refractivity contribution in [2.75, 3.05) is 6.26 Å². The number of hydrogen-bond acceptors (Lipinski definition) is 4. The van der Waals surface area contributed by atoms with Crippen molar-refractivity contribution in [1.82, 2.24) is 4.31 Å². The van der Waals surface area contributed by atoms with Gasteiger partial charge >= 0.3 is 5.97 Å². The fraction of sp³-hybridized carbons (Fsp3) is 0.429. The lowest BCUT2D eigenvalue weighted by Crippen LogP contribution is -2.62. The minimum atomic E-state index is -0.603. The predicted molar refractivity (Wildman–Crippen MR) is 74.5 cm³/mol. The Labute approximate surface area is 117 Å². The molecule has 1 aliphatic heterocycles. The molecular formula is C14H17NO3S. The molecule has 0 spiro atoms. The van der Waals surface area contributed by atoms with Crippen molar-refractivity contribution >= 4 is 23.8 Å². The summed E-state index contributed by atoms with van der Waals surface area (Å²) in [5.74, 6) is -0.510. The fourth-order valence-corrected chi connectivity index (χ4v) is 3.03. The number of esters is 1. The van der Waals surface area contributed by atoms with Gasteiger partial charge in [0.15, 0.2) is 0 Å². The molecule has 2 rings (SSSR count). The Hall–Kier alpha value is -1.49. The lowest BCUT2D eigenvalue weighted by Gasteiger charge is -2.44. The smallest absolute Gasteiger partial charge is 0.303 e. The molecule has 0 aromatic heterocycles. The van der Waals surface area contributed by atoms with Gasteiger partial charge in [0, 0.05) is 13.2 Å². The summed E-state index contributed by atoms with van der Waals surface area (Å²) in [4.78, 5) is 22.8. The Kier molecular flexibility index (Phi) is 4.47. The number of ether oxygens (including phenoxy) is 1. The molecule has 1 saturated heterocycles. The molecule has 0 aliphatic carbocycles. The average molecular weight is 279 g/mol. The van der Waals surface area contributed by atoms with E-state index in [1.807, 2.05) is 24.5 Å². The highest BCUT2D eigenvalue weighted by molar-refractivity contribution is 7.96. The zero-order chi connectivity index (χ0) is 13.8. The van der Waals surface area contributed by atoms with E-state index in [4.69, 9.17) is 4.74 Å². The summed E-state index contributed by atoms with van der Waals surface area (Å²) in [6, 6.07) is 10.1. The molecule has 5 heteroatoms. The van der Waals surface area contributed by atoms with Gasteiger partial charge in [-0.25, -0.2) is 0 Å². The molecule has 2 atom stereocenters. The first-order chi connectivity index (χ1) is 9.13. The summed E-state index contributed by atoms with van der Waals surface area (Å²) in [6.07, 6.45) is 2.92. The first-order valence-corrected chi connectivity index (χ1v) is 7.40. The second kappa shape index (κ2) is 6.10. The van der Waals surface area contributed by atoms with Gasteiger partial charge in [-0.3, -0.25) is 13.9 Å². The number of carbonyl (C=O) groups excluding carboxylic acids is 2. The van der Waals surface area contributed by atoms with Gasteiger partial charge in [0.1, 0.15) is 0 Å². The molecule has 1 aliphatic rings. The van der Waals surface area contributed by atoms with Crippen molar-refractivity contribution in [3.63, 3.8) is 0 Å². The van der Waals surface area contributed by atoms with Crippen LogP contribution in [0, 0.1) is 0 Å². The van der Waals surface area contributed by atoms with Crippen LogP contribution in [-0.2, 0) is 20.7 Å². The van der Waals surface area contributed by atoms with Crippen LogP contribution in [0.25, 0.3) is 0 Å². The summed E-state index contributed by atoms with van der Waals surface area (Å²) in [5, 5.41) is 0. The number of hydrogen-bond donors (Lipinski definition) is 0. The van der Waals surface area contributed by atoms with Gasteiger partial charge < -0.3 is 4.74 Å². The number of carbonyl (C=O) groups is 2. The maximum Gasteiger partial charge on any atom is 0.303 e. The Morgan fingerprint density at radius 2 is 2.05 bits per heavy atom.